The number of halogens is 1. The lowest BCUT2D eigenvalue weighted by molar-refractivity contribution is 0.0616. The molecule has 8 heteroatoms. The maximum Gasteiger partial charge on any atom is 0.191 e. The Bertz CT molecular complexity index is 1000. The van der Waals surface area contributed by atoms with Crippen molar-refractivity contribution >= 4 is 40.7 Å². The van der Waals surface area contributed by atoms with Crippen LogP contribution in [0.4, 0.5) is 0 Å². The largest absolute Gasteiger partial charge is 0.497 e. The first-order chi connectivity index (χ1) is 13.9. The summed E-state index contributed by atoms with van der Waals surface area (Å²) in [6.45, 7) is 5.37. The number of methoxy groups -OCH3 is 1. The number of aliphatic hydroxyl groups is 1. The van der Waals surface area contributed by atoms with Gasteiger partial charge in [0.1, 0.15) is 11.4 Å². The number of aryl methyl sites for hydroxylation is 1. The van der Waals surface area contributed by atoms with E-state index in [-0.39, 0.29) is 24.0 Å². The van der Waals surface area contributed by atoms with Gasteiger partial charge < -0.3 is 20.5 Å². The molecule has 1 atom stereocenters. The van der Waals surface area contributed by atoms with Crippen LogP contribution in [0.5, 0.6) is 5.75 Å². The molecule has 30 heavy (non-hydrogen) atoms. The predicted molar refractivity (Wildman–Crippen MR) is 132 cm³/mol. The highest BCUT2D eigenvalue weighted by Crippen LogP contribution is 2.22. The first-order valence-electron chi connectivity index (χ1n) is 9.71. The van der Waals surface area contributed by atoms with Crippen LogP contribution in [0.25, 0.3) is 10.8 Å². The maximum absolute atomic E-state index is 10.8. The van der Waals surface area contributed by atoms with Gasteiger partial charge in [-0.15, -0.1) is 24.0 Å². The van der Waals surface area contributed by atoms with Crippen molar-refractivity contribution in [3.63, 3.8) is 0 Å². The molecule has 0 fully saturated rings. The number of ether oxygens (including phenoxy) is 1. The Hall–Kier alpha value is -2.33. The molecule has 3 N–H and O–H groups in total. The zero-order chi connectivity index (χ0) is 20.9. The van der Waals surface area contributed by atoms with Gasteiger partial charge >= 0.3 is 0 Å². The minimum Gasteiger partial charge on any atom is -0.497 e. The van der Waals surface area contributed by atoms with E-state index in [9.17, 15) is 5.11 Å². The van der Waals surface area contributed by atoms with Crippen molar-refractivity contribution in [2.24, 2.45) is 12.0 Å². The van der Waals surface area contributed by atoms with Crippen molar-refractivity contribution in [1.29, 1.82) is 0 Å². The number of aliphatic imine (C=N–C) groups is 1. The Balaban J connectivity index is 0.00000320. The fraction of sp³-hybridized carbons (Fsp3) is 0.364. The maximum atomic E-state index is 10.8. The molecule has 3 rings (SSSR count). The number of nitrogens with one attached hydrogen (secondary N) is 2. The highest BCUT2D eigenvalue weighted by molar-refractivity contribution is 14.0. The Morgan fingerprint density at radius 2 is 1.93 bits per heavy atom. The molecular formula is C22H30IN5O2. The van der Waals surface area contributed by atoms with Gasteiger partial charge in [-0.2, -0.15) is 5.10 Å². The standard InChI is InChI=1S/C22H29N5O2.HI/c1-5-23-21(25-15-22(2,28)19-13-26-27(3)14-19)24-12-16-6-7-18-11-20(29-4)9-8-17(18)10-16;/h6-11,13-14,28H,5,12,15H2,1-4H3,(H2,23,24,25);1H. The van der Waals surface area contributed by atoms with Crippen molar-refractivity contribution in [3.05, 3.63) is 59.9 Å². The van der Waals surface area contributed by atoms with E-state index in [1.807, 2.05) is 32.3 Å². The Kier molecular flexibility index (Phi) is 8.48. The van der Waals surface area contributed by atoms with Gasteiger partial charge in [-0.05, 0) is 48.4 Å². The molecule has 0 amide bonds. The van der Waals surface area contributed by atoms with Crippen LogP contribution in [0, 0.1) is 0 Å². The number of fused-ring (bicyclic) bond motifs is 1. The van der Waals surface area contributed by atoms with E-state index in [1.54, 1.807) is 24.9 Å². The van der Waals surface area contributed by atoms with Crippen LogP contribution < -0.4 is 15.4 Å². The molecule has 0 spiro atoms. The normalized spacial score (nSPS) is 13.4. The van der Waals surface area contributed by atoms with Crippen LogP contribution in [0.15, 0.2) is 53.8 Å². The van der Waals surface area contributed by atoms with Crippen LogP contribution in [0.3, 0.4) is 0 Å². The van der Waals surface area contributed by atoms with Gasteiger partial charge in [0.2, 0.25) is 0 Å². The first-order valence-corrected chi connectivity index (χ1v) is 9.71. The monoisotopic (exact) mass is 523 g/mol. The third kappa shape index (κ3) is 6.09. The second kappa shape index (κ2) is 10.6. The molecule has 3 aromatic rings. The Morgan fingerprint density at radius 1 is 1.20 bits per heavy atom. The van der Waals surface area contributed by atoms with Crippen LogP contribution in [-0.2, 0) is 19.2 Å². The van der Waals surface area contributed by atoms with Crippen LogP contribution >= 0.6 is 24.0 Å². The summed E-state index contributed by atoms with van der Waals surface area (Å²) >= 11 is 0. The van der Waals surface area contributed by atoms with Crippen molar-refractivity contribution in [1.82, 2.24) is 20.4 Å². The average molecular weight is 523 g/mol. The lowest BCUT2D eigenvalue weighted by Crippen LogP contribution is -2.44. The molecule has 0 aliphatic heterocycles. The summed E-state index contributed by atoms with van der Waals surface area (Å²) < 4.78 is 6.96. The van der Waals surface area contributed by atoms with Crippen LogP contribution in [0.1, 0.15) is 25.0 Å². The van der Waals surface area contributed by atoms with Gasteiger partial charge in [-0.3, -0.25) is 4.68 Å². The average Bonchev–Trinajstić information content (AvgIpc) is 3.17. The van der Waals surface area contributed by atoms with E-state index >= 15 is 0 Å². The molecule has 0 aliphatic carbocycles. The summed E-state index contributed by atoms with van der Waals surface area (Å²) in [5, 5.41) is 23.6. The molecule has 0 bridgehead atoms. The molecule has 0 radical (unpaired) electrons. The molecule has 0 saturated heterocycles. The van der Waals surface area contributed by atoms with Crippen molar-refractivity contribution in [2.45, 2.75) is 26.0 Å². The number of hydrogen-bond donors (Lipinski definition) is 3. The van der Waals surface area contributed by atoms with Crippen LogP contribution in [0.2, 0.25) is 0 Å². The molecule has 1 unspecified atom stereocenters. The van der Waals surface area contributed by atoms with Gasteiger partial charge in [0, 0.05) is 25.4 Å². The highest BCUT2D eigenvalue weighted by Gasteiger charge is 2.24. The van der Waals surface area contributed by atoms with E-state index in [4.69, 9.17) is 4.74 Å². The lowest BCUT2D eigenvalue weighted by Gasteiger charge is -2.23. The van der Waals surface area contributed by atoms with Gasteiger partial charge in [0.25, 0.3) is 0 Å². The first kappa shape index (κ1) is 23.9. The Morgan fingerprint density at radius 3 is 2.60 bits per heavy atom. The quantitative estimate of drug-likeness (QED) is 0.252. The van der Waals surface area contributed by atoms with Crippen molar-refractivity contribution in [2.75, 3.05) is 20.2 Å². The van der Waals surface area contributed by atoms with Crippen molar-refractivity contribution in [3.8, 4) is 5.75 Å². The SMILES string of the molecule is CCNC(=NCc1ccc2cc(OC)ccc2c1)NCC(C)(O)c1cnn(C)c1.I. The second-order valence-electron chi connectivity index (χ2n) is 7.27. The molecule has 0 aliphatic rings. The fourth-order valence-corrected chi connectivity index (χ4v) is 3.07. The van der Waals surface area contributed by atoms with E-state index in [1.165, 1.54) is 0 Å². The minimum atomic E-state index is -1.05. The van der Waals surface area contributed by atoms with Crippen LogP contribution in [-0.4, -0.2) is 41.0 Å². The third-order valence-corrected chi connectivity index (χ3v) is 4.80. The summed E-state index contributed by atoms with van der Waals surface area (Å²) in [5.41, 5.74) is 0.819. The molecule has 7 nitrogen and oxygen atoms in total. The molecule has 1 heterocycles. The minimum absolute atomic E-state index is 0. The molecular weight excluding hydrogens is 493 g/mol. The number of benzene rings is 2. The molecule has 1 aromatic heterocycles. The number of rotatable bonds is 7. The summed E-state index contributed by atoms with van der Waals surface area (Å²) in [7, 11) is 3.50. The van der Waals surface area contributed by atoms with E-state index in [2.05, 4.69) is 45.0 Å². The second-order valence-corrected chi connectivity index (χ2v) is 7.27. The van der Waals surface area contributed by atoms with E-state index in [0.717, 1.165) is 34.2 Å². The zero-order valence-corrected chi connectivity index (χ0v) is 20.2. The summed E-state index contributed by atoms with van der Waals surface area (Å²) in [6.07, 6.45) is 3.49. The van der Waals surface area contributed by atoms with Gasteiger partial charge in [0.05, 0.1) is 26.4 Å². The van der Waals surface area contributed by atoms with E-state index in [0.29, 0.717) is 19.0 Å². The summed E-state index contributed by atoms with van der Waals surface area (Å²) in [5.74, 6) is 1.51. The number of nitrogens with zero attached hydrogens (tertiary/aromatic N) is 3. The summed E-state index contributed by atoms with van der Waals surface area (Å²) in [6, 6.07) is 12.3. The smallest absolute Gasteiger partial charge is 0.191 e. The molecule has 0 saturated carbocycles. The molecule has 162 valence electrons. The van der Waals surface area contributed by atoms with Gasteiger partial charge in [0.15, 0.2) is 5.96 Å². The number of aromatic nitrogens is 2. The zero-order valence-electron chi connectivity index (χ0n) is 17.8. The van der Waals surface area contributed by atoms with Crippen molar-refractivity contribution < 1.29 is 9.84 Å². The van der Waals surface area contributed by atoms with Gasteiger partial charge in [-0.1, -0.05) is 18.2 Å². The fourth-order valence-electron chi connectivity index (χ4n) is 3.07. The molecule has 2 aromatic carbocycles. The predicted octanol–water partition coefficient (Wildman–Crippen LogP) is 3.16. The number of guanidine groups is 1. The topological polar surface area (TPSA) is 83.7 Å². The summed E-state index contributed by atoms with van der Waals surface area (Å²) in [4.78, 5) is 4.66. The van der Waals surface area contributed by atoms with Gasteiger partial charge in [-0.25, -0.2) is 4.99 Å². The third-order valence-electron chi connectivity index (χ3n) is 4.80. The number of hydrogen-bond acceptors (Lipinski definition) is 4. The Labute approximate surface area is 194 Å². The highest BCUT2D eigenvalue weighted by atomic mass is 127. The van der Waals surface area contributed by atoms with E-state index < -0.39 is 5.60 Å². The lowest BCUT2D eigenvalue weighted by atomic mass is 10.00.